The third-order valence-corrected chi connectivity index (χ3v) is 2.12. The highest BCUT2D eigenvalue weighted by Gasteiger charge is 2.01. The van der Waals surface area contributed by atoms with Crippen LogP contribution in [-0.2, 0) is 0 Å². The third-order valence-electron chi connectivity index (χ3n) is 2.12. The number of likely N-dealkylation sites (N-methyl/N-ethyl adjacent to an activating group) is 1. The monoisotopic (exact) mass is 179 g/mol. The standard InChI is InChI=1S/C11H17NO/c1-3-12(7-8-13)11-6-4-5-10(2)9-11/h4-6,9,13H,3,7-8H2,1-2H3. The maximum atomic E-state index is 8.86. The van der Waals surface area contributed by atoms with Gasteiger partial charge in [-0.25, -0.2) is 0 Å². The van der Waals surface area contributed by atoms with Crippen molar-refractivity contribution in [3.63, 3.8) is 0 Å². The van der Waals surface area contributed by atoms with Crippen molar-refractivity contribution in [2.24, 2.45) is 0 Å². The van der Waals surface area contributed by atoms with Crippen LogP contribution >= 0.6 is 0 Å². The Morgan fingerprint density at radius 1 is 1.38 bits per heavy atom. The van der Waals surface area contributed by atoms with Gasteiger partial charge in [-0.05, 0) is 31.5 Å². The molecule has 13 heavy (non-hydrogen) atoms. The minimum absolute atomic E-state index is 0.210. The zero-order valence-corrected chi connectivity index (χ0v) is 8.33. The summed E-state index contributed by atoms with van der Waals surface area (Å²) in [7, 11) is 0. The highest BCUT2D eigenvalue weighted by atomic mass is 16.3. The average Bonchev–Trinajstić information content (AvgIpc) is 2.14. The summed E-state index contributed by atoms with van der Waals surface area (Å²) < 4.78 is 0. The number of aliphatic hydroxyl groups excluding tert-OH is 1. The minimum atomic E-state index is 0.210. The van der Waals surface area contributed by atoms with Gasteiger partial charge in [0.2, 0.25) is 0 Å². The molecule has 0 amide bonds. The van der Waals surface area contributed by atoms with Gasteiger partial charge in [-0.3, -0.25) is 0 Å². The lowest BCUT2D eigenvalue weighted by Crippen LogP contribution is -2.26. The number of benzene rings is 1. The summed E-state index contributed by atoms with van der Waals surface area (Å²) in [5.41, 5.74) is 2.45. The summed E-state index contributed by atoms with van der Waals surface area (Å²) >= 11 is 0. The number of anilines is 1. The van der Waals surface area contributed by atoms with E-state index < -0.39 is 0 Å². The van der Waals surface area contributed by atoms with Crippen LogP contribution in [0, 0.1) is 6.92 Å². The largest absolute Gasteiger partial charge is 0.395 e. The highest BCUT2D eigenvalue weighted by Crippen LogP contribution is 2.14. The van der Waals surface area contributed by atoms with E-state index in [0.29, 0.717) is 6.54 Å². The average molecular weight is 179 g/mol. The number of aliphatic hydroxyl groups is 1. The molecule has 0 aliphatic heterocycles. The minimum Gasteiger partial charge on any atom is -0.395 e. The van der Waals surface area contributed by atoms with Crippen LogP contribution in [0.4, 0.5) is 5.69 Å². The van der Waals surface area contributed by atoms with Gasteiger partial charge < -0.3 is 10.0 Å². The normalized spacial score (nSPS) is 10.1. The van der Waals surface area contributed by atoms with Crippen LogP contribution in [0.1, 0.15) is 12.5 Å². The van der Waals surface area contributed by atoms with Crippen molar-refractivity contribution in [1.29, 1.82) is 0 Å². The van der Waals surface area contributed by atoms with Crippen molar-refractivity contribution in [1.82, 2.24) is 0 Å². The Morgan fingerprint density at radius 3 is 2.69 bits per heavy atom. The van der Waals surface area contributed by atoms with Crippen molar-refractivity contribution in [3.8, 4) is 0 Å². The van der Waals surface area contributed by atoms with Gasteiger partial charge in [0.25, 0.3) is 0 Å². The van der Waals surface area contributed by atoms with Crippen molar-refractivity contribution >= 4 is 5.69 Å². The van der Waals surface area contributed by atoms with E-state index in [2.05, 4.69) is 36.9 Å². The molecule has 0 heterocycles. The van der Waals surface area contributed by atoms with Crippen LogP contribution in [0.2, 0.25) is 0 Å². The quantitative estimate of drug-likeness (QED) is 0.762. The van der Waals surface area contributed by atoms with E-state index in [1.54, 1.807) is 0 Å². The second-order valence-corrected chi connectivity index (χ2v) is 3.14. The number of rotatable bonds is 4. The van der Waals surface area contributed by atoms with E-state index in [-0.39, 0.29) is 6.61 Å². The Morgan fingerprint density at radius 2 is 2.15 bits per heavy atom. The second-order valence-electron chi connectivity index (χ2n) is 3.14. The van der Waals surface area contributed by atoms with E-state index >= 15 is 0 Å². The molecule has 0 saturated carbocycles. The van der Waals surface area contributed by atoms with E-state index in [4.69, 9.17) is 5.11 Å². The predicted octanol–water partition coefficient (Wildman–Crippen LogP) is 1.81. The van der Waals surface area contributed by atoms with Crippen LogP contribution in [-0.4, -0.2) is 24.8 Å². The fourth-order valence-corrected chi connectivity index (χ4v) is 1.42. The molecular formula is C11H17NO. The van der Waals surface area contributed by atoms with Crippen molar-refractivity contribution < 1.29 is 5.11 Å². The first-order valence-electron chi connectivity index (χ1n) is 4.70. The van der Waals surface area contributed by atoms with Gasteiger partial charge >= 0.3 is 0 Å². The van der Waals surface area contributed by atoms with Gasteiger partial charge in [0.1, 0.15) is 0 Å². The Bertz CT molecular complexity index is 260. The lowest BCUT2D eigenvalue weighted by molar-refractivity contribution is 0.302. The first kappa shape index (κ1) is 10.1. The lowest BCUT2D eigenvalue weighted by Gasteiger charge is -2.22. The number of aryl methyl sites for hydroxylation is 1. The molecule has 0 spiro atoms. The Hall–Kier alpha value is -1.02. The number of hydrogen-bond acceptors (Lipinski definition) is 2. The van der Waals surface area contributed by atoms with Crippen molar-refractivity contribution in [3.05, 3.63) is 29.8 Å². The Kier molecular flexibility index (Phi) is 3.77. The van der Waals surface area contributed by atoms with Crippen LogP contribution in [0.25, 0.3) is 0 Å². The van der Waals surface area contributed by atoms with E-state index in [9.17, 15) is 0 Å². The van der Waals surface area contributed by atoms with Crippen LogP contribution in [0.15, 0.2) is 24.3 Å². The van der Waals surface area contributed by atoms with Gasteiger partial charge in [-0.15, -0.1) is 0 Å². The highest BCUT2D eigenvalue weighted by molar-refractivity contribution is 5.48. The van der Waals surface area contributed by atoms with Crippen molar-refractivity contribution in [2.45, 2.75) is 13.8 Å². The van der Waals surface area contributed by atoms with Crippen LogP contribution < -0.4 is 4.90 Å². The topological polar surface area (TPSA) is 23.5 Å². The first-order chi connectivity index (χ1) is 6.27. The predicted molar refractivity (Wildman–Crippen MR) is 56.2 cm³/mol. The fraction of sp³-hybridized carbons (Fsp3) is 0.455. The van der Waals surface area contributed by atoms with Gasteiger partial charge in [0.15, 0.2) is 0 Å². The summed E-state index contributed by atoms with van der Waals surface area (Å²) in [6, 6.07) is 8.34. The van der Waals surface area contributed by atoms with Crippen LogP contribution in [0.3, 0.4) is 0 Å². The summed E-state index contributed by atoms with van der Waals surface area (Å²) in [6.07, 6.45) is 0. The molecule has 72 valence electrons. The van der Waals surface area contributed by atoms with Gasteiger partial charge in [-0.2, -0.15) is 0 Å². The molecule has 0 aliphatic carbocycles. The molecule has 1 N–H and O–H groups in total. The molecule has 0 aromatic heterocycles. The molecule has 0 bridgehead atoms. The molecule has 0 aliphatic rings. The fourth-order valence-electron chi connectivity index (χ4n) is 1.42. The van der Waals surface area contributed by atoms with Gasteiger partial charge in [0.05, 0.1) is 6.61 Å². The SMILES string of the molecule is CCN(CCO)c1cccc(C)c1. The van der Waals surface area contributed by atoms with E-state index in [1.807, 2.05) is 6.07 Å². The molecule has 0 unspecified atom stereocenters. The van der Waals surface area contributed by atoms with Gasteiger partial charge in [0, 0.05) is 18.8 Å². The smallest absolute Gasteiger partial charge is 0.0606 e. The first-order valence-corrected chi connectivity index (χ1v) is 4.70. The van der Waals surface area contributed by atoms with Crippen LogP contribution in [0.5, 0.6) is 0 Å². The molecule has 0 atom stereocenters. The molecule has 0 radical (unpaired) electrons. The zero-order chi connectivity index (χ0) is 9.68. The summed E-state index contributed by atoms with van der Waals surface area (Å²) in [5, 5.41) is 8.86. The molecule has 0 fully saturated rings. The van der Waals surface area contributed by atoms with Gasteiger partial charge in [-0.1, -0.05) is 12.1 Å². The summed E-state index contributed by atoms with van der Waals surface area (Å²) in [4.78, 5) is 2.16. The second kappa shape index (κ2) is 4.87. The number of hydrogen-bond donors (Lipinski definition) is 1. The third kappa shape index (κ3) is 2.74. The maximum Gasteiger partial charge on any atom is 0.0606 e. The summed E-state index contributed by atoms with van der Waals surface area (Å²) in [6.45, 7) is 6.03. The molecular weight excluding hydrogens is 162 g/mol. The molecule has 1 aromatic rings. The van der Waals surface area contributed by atoms with E-state index in [0.717, 1.165) is 6.54 Å². The zero-order valence-electron chi connectivity index (χ0n) is 8.33. The summed E-state index contributed by atoms with van der Waals surface area (Å²) in [5.74, 6) is 0. The molecule has 1 aromatic carbocycles. The Balaban J connectivity index is 2.78. The molecule has 1 rings (SSSR count). The lowest BCUT2D eigenvalue weighted by atomic mass is 10.2. The maximum absolute atomic E-state index is 8.86. The number of nitrogens with zero attached hydrogens (tertiary/aromatic N) is 1. The van der Waals surface area contributed by atoms with E-state index in [1.165, 1.54) is 11.3 Å². The molecule has 2 heteroatoms. The Labute approximate surface area is 79.8 Å². The molecule has 0 saturated heterocycles. The molecule has 2 nitrogen and oxygen atoms in total. The van der Waals surface area contributed by atoms with Crippen molar-refractivity contribution in [2.75, 3.05) is 24.6 Å².